The summed E-state index contributed by atoms with van der Waals surface area (Å²) in [6.07, 6.45) is -3.87. The Kier molecular flexibility index (Phi) is 1.59. The molecule has 1 nitrogen and oxygen atoms in total. The van der Waals surface area contributed by atoms with Crippen molar-refractivity contribution in [2.45, 2.75) is 19.0 Å². The van der Waals surface area contributed by atoms with Crippen LogP contribution in [0.15, 0.2) is 0 Å². The van der Waals surface area contributed by atoms with Crippen molar-refractivity contribution in [2.24, 2.45) is 11.8 Å². The van der Waals surface area contributed by atoms with Gasteiger partial charge >= 0.3 is 6.18 Å². The van der Waals surface area contributed by atoms with E-state index >= 15 is 0 Å². The Morgan fingerprint density at radius 1 is 1.50 bits per heavy atom. The van der Waals surface area contributed by atoms with E-state index in [9.17, 15) is 13.2 Å². The molecule has 0 aromatic heterocycles. The molecule has 1 aliphatic carbocycles. The lowest BCUT2D eigenvalue weighted by molar-refractivity contribution is -0.150. The van der Waals surface area contributed by atoms with E-state index in [2.05, 4.69) is 0 Å². The van der Waals surface area contributed by atoms with Crippen LogP contribution in [-0.2, 0) is 0 Å². The molecule has 0 aromatic rings. The highest BCUT2D eigenvalue weighted by Gasteiger charge is 2.55. The van der Waals surface area contributed by atoms with Crippen LogP contribution in [-0.4, -0.2) is 6.18 Å². The van der Waals surface area contributed by atoms with E-state index in [1.54, 1.807) is 6.07 Å². The Balaban J connectivity index is 2.33. The van der Waals surface area contributed by atoms with Gasteiger partial charge in [-0.15, -0.1) is 0 Å². The van der Waals surface area contributed by atoms with Crippen LogP contribution < -0.4 is 0 Å². The second-order valence-electron chi connectivity index (χ2n) is 2.51. The molecular formula is C6H6F3N. The third kappa shape index (κ3) is 1.41. The van der Waals surface area contributed by atoms with Crippen molar-refractivity contribution in [3.8, 4) is 6.07 Å². The van der Waals surface area contributed by atoms with Gasteiger partial charge in [-0.2, -0.15) is 18.4 Å². The fourth-order valence-electron chi connectivity index (χ4n) is 0.991. The van der Waals surface area contributed by atoms with Gasteiger partial charge < -0.3 is 0 Å². The Morgan fingerprint density at radius 3 is 2.40 bits per heavy atom. The first kappa shape index (κ1) is 7.39. The zero-order valence-corrected chi connectivity index (χ0v) is 5.15. The monoisotopic (exact) mass is 149 g/mol. The predicted octanol–water partition coefficient (Wildman–Crippen LogP) is 2.10. The summed E-state index contributed by atoms with van der Waals surface area (Å²) >= 11 is 0. The Bertz CT molecular complexity index is 167. The number of hydrogen-bond acceptors (Lipinski definition) is 1. The minimum absolute atomic E-state index is 0.0458. The zero-order valence-electron chi connectivity index (χ0n) is 5.15. The zero-order chi connectivity index (χ0) is 7.78. The molecule has 0 N–H and O–H groups in total. The maximum Gasteiger partial charge on any atom is 0.392 e. The highest BCUT2D eigenvalue weighted by molar-refractivity contribution is 4.96. The van der Waals surface area contributed by atoms with Crippen LogP contribution in [0.2, 0.25) is 0 Å². The minimum Gasteiger partial charge on any atom is -0.198 e. The molecule has 0 bridgehead atoms. The van der Waals surface area contributed by atoms with Crippen LogP contribution in [0.5, 0.6) is 0 Å². The van der Waals surface area contributed by atoms with Crippen molar-refractivity contribution in [1.29, 1.82) is 5.26 Å². The standard InChI is InChI=1S/C6H6F3N/c7-6(8,9)5-3-4(5)1-2-10/h4-5H,1,3H2/t4-,5-/m1/s1. The lowest BCUT2D eigenvalue weighted by atomic mass is 10.2. The molecule has 0 aromatic carbocycles. The highest BCUT2D eigenvalue weighted by atomic mass is 19.4. The molecule has 0 saturated heterocycles. The van der Waals surface area contributed by atoms with Gasteiger partial charge in [0.15, 0.2) is 0 Å². The van der Waals surface area contributed by atoms with Gasteiger partial charge in [0.25, 0.3) is 0 Å². The molecule has 2 atom stereocenters. The molecule has 0 spiro atoms. The Morgan fingerprint density at radius 2 is 2.10 bits per heavy atom. The first-order valence-corrected chi connectivity index (χ1v) is 2.99. The maximum absolute atomic E-state index is 11.7. The molecule has 0 amide bonds. The molecule has 1 aliphatic rings. The van der Waals surface area contributed by atoms with E-state index < -0.39 is 18.0 Å². The van der Waals surface area contributed by atoms with Gasteiger partial charge in [-0.3, -0.25) is 0 Å². The largest absolute Gasteiger partial charge is 0.392 e. The summed E-state index contributed by atoms with van der Waals surface area (Å²) in [5.41, 5.74) is 0. The van der Waals surface area contributed by atoms with Crippen LogP contribution >= 0.6 is 0 Å². The van der Waals surface area contributed by atoms with Gasteiger partial charge in [-0.1, -0.05) is 0 Å². The fourth-order valence-corrected chi connectivity index (χ4v) is 0.991. The van der Waals surface area contributed by atoms with E-state index in [0.29, 0.717) is 0 Å². The van der Waals surface area contributed by atoms with Gasteiger partial charge in [-0.25, -0.2) is 0 Å². The SMILES string of the molecule is N#CC[C@@H]1C[C@H]1C(F)(F)F. The van der Waals surface area contributed by atoms with E-state index in [-0.39, 0.29) is 12.8 Å². The van der Waals surface area contributed by atoms with Gasteiger partial charge in [0.05, 0.1) is 12.0 Å². The fraction of sp³-hybridized carbons (Fsp3) is 0.833. The number of nitriles is 1. The smallest absolute Gasteiger partial charge is 0.198 e. The quantitative estimate of drug-likeness (QED) is 0.560. The summed E-state index contributed by atoms with van der Waals surface area (Å²) in [5.74, 6) is -1.60. The third-order valence-corrected chi connectivity index (χ3v) is 1.70. The van der Waals surface area contributed by atoms with Gasteiger partial charge in [0.1, 0.15) is 0 Å². The lowest BCUT2D eigenvalue weighted by Crippen LogP contribution is -2.11. The van der Waals surface area contributed by atoms with Crippen molar-refractivity contribution in [2.75, 3.05) is 0 Å². The van der Waals surface area contributed by atoms with Crippen molar-refractivity contribution in [1.82, 2.24) is 0 Å². The predicted molar refractivity (Wildman–Crippen MR) is 27.9 cm³/mol. The molecule has 1 rings (SSSR count). The van der Waals surface area contributed by atoms with E-state index in [1.807, 2.05) is 0 Å². The average Bonchev–Trinajstić information content (AvgIpc) is 2.44. The molecule has 10 heavy (non-hydrogen) atoms. The van der Waals surface area contributed by atoms with E-state index in [0.717, 1.165) is 0 Å². The Hall–Kier alpha value is -0.720. The molecule has 0 aliphatic heterocycles. The van der Waals surface area contributed by atoms with Crippen LogP contribution in [0.3, 0.4) is 0 Å². The van der Waals surface area contributed by atoms with Crippen molar-refractivity contribution >= 4 is 0 Å². The molecule has 0 radical (unpaired) electrons. The molecule has 1 saturated carbocycles. The Labute approximate surface area is 56.4 Å². The number of nitrogens with zero attached hydrogens (tertiary/aromatic N) is 1. The number of alkyl halides is 3. The number of hydrogen-bond donors (Lipinski definition) is 0. The van der Waals surface area contributed by atoms with Crippen molar-refractivity contribution in [3.63, 3.8) is 0 Å². The summed E-state index contributed by atoms with van der Waals surface area (Å²) < 4.78 is 35.1. The third-order valence-electron chi connectivity index (χ3n) is 1.70. The lowest BCUT2D eigenvalue weighted by Gasteiger charge is -2.01. The second kappa shape index (κ2) is 2.15. The topological polar surface area (TPSA) is 23.8 Å². The molecule has 0 heterocycles. The summed E-state index contributed by atoms with van der Waals surface area (Å²) in [5, 5.41) is 8.04. The van der Waals surface area contributed by atoms with Crippen molar-refractivity contribution < 1.29 is 13.2 Å². The molecule has 1 fully saturated rings. The van der Waals surface area contributed by atoms with Crippen LogP contribution in [0.25, 0.3) is 0 Å². The normalized spacial score (nSPS) is 31.4. The summed E-state index contributed by atoms with van der Waals surface area (Å²) in [6, 6.07) is 1.73. The molecule has 0 unspecified atom stereocenters. The summed E-state index contributed by atoms with van der Waals surface area (Å²) in [6.45, 7) is 0. The van der Waals surface area contributed by atoms with Crippen molar-refractivity contribution in [3.05, 3.63) is 0 Å². The maximum atomic E-state index is 11.7. The number of halogens is 3. The van der Waals surface area contributed by atoms with Gasteiger partial charge in [0, 0.05) is 6.42 Å². The molecular weight excluding hydrogens is 143 g/mol. The first-order valence-electron chi connectivity index (χ1n) is 2.99. The van der Waals surface area contributed by atoms with Gasteiger partial charge in [0.2, 0.25) is 0 Å². The highest BCUT2D eigenvalue weighted by Crippen LogP contribution is 2.51. The average molecular weight is 149 g/mol. The second-order valence-corrected chi connectivity index (χ2v) is 2.51. The first-order chi connectivity index (χ1) is 4.55. The summed E-state index contributed by atoms with van der Waals surface area (Å²) in [7, 11) is 0. The van der Waals surface area contributed by atoms with E-state index in [1.165, 1.54) is 0 Å². The van der Waals surface area contributed by atoms with Crippen LogP contribution in [0.4, 0.5) is 13.2 Å². The summed E-state index contributed by atoms with van der Waals surface area (Å²) in [4.78, 5) is 0. The van der Waals surface area contributed by atoms with Crippen LogP contribution in [0, 0.1) is 23.2 Å². The minimum atomic E-state index is -4.07. The van der Waals surface area contributed by atoms with Crippen LogP contribution in [0.1, 0.15) is 12.8 Å². The molecule has 56 valence electrons. The molecule has 4 heteroatoms. The van der Waals surface area contributed by atoms with Gasteiger partial charge in [-0.05, 0) is 12.3 Å². The number of rotatable bonds is 1. The van der Waals surface area contributed by atoms with E-state index in [4.69, 9.17) is 5.26 Å².